The molecule has 3 fully saturated rings. The normalized spacial score (nSPS) is 26.1. The fourth-order valence-electron chi connectivity index (χ4n) is 4.78. The summed E-state index contributed by atoms with van der Waals surface area (Å²) in [6, 6.07) is 2.25. The number of hydrogen-bond donors (Lipinski definition) is 2. The number of sulfonamides is 1. The number of carbonyl (C=O) groups is 1. The van der Waals surface area contributed by atoms with Gasteiger partial charge in [0.1, 0.15) is 5.76 Å². The van der Waals surface area contributed by atoms with Crippen LogP contribution in [0.3, 0.4) is 0 Å². The van der Waals surface area contributed by atoms with Crippen molar-refractivity contribution in [1.82, 2.24) is 20.1 Å². The Morgan fingerprint density at radius 2 is 1.81 bits per heavy atom. The average Bonchev–Trinajstić information content (AvgIpc) is 3.49. The maximum Gasteiger partial charge on any atom is 0.273 e. The van der Waals surface area contributed by atoms with E-state index in [0.29, 0.717) is 43.6 Å². The molecule has 1 aromatic heterocycles. The molecule has 3 aliphatic rings. The summed E-state index contributed by atoms with van der Waals surface area (Å²) < 4.78 is 32.7. The summed E-state index contributed by atoms with van der Waals surface area (Å²) in [5.74, 6) is 1.50. The molecule has 2 saturated carbocycles. The van der Waals surface area contributed by atoms with E-state index in [2.05, 4.69) is 22.7 Å². The van der Waals surface area contributed by atoms with Gasteiger partial charge in [-0.1, -0.05) is 12.1 Å². The summed E-state index contributed by atoms with van der Waals surface area (Å²) in [7, 11) is -3.25. The van der Waals surface area contributed by atoms with Crippen LogP contribution in [0.15, 0.2) is 10.6 Å². The highest BCUT2D eigenvalue weighted by Gasteiger charge is 2.33. The third kappa shape index (κ3) is 6.08. The molecule has 4 rings (SSSR count). The minimum absolute atomic E-state index is 0.0277. The number of aromatic nitrogens is 1. The van der Waals surface area contributed by atoms with Gasteiger partial charge in [0.15, 0.2) is 5.69 Å². The first kappa shape index (κ1) is 22.7. The molecule has 0 spiro atoms. The molecule has 1 aromatic rings. The molecular formula is C22H36N4O4S. The highest BCUT2D eigenvalue weighted by molar-refractivity contribution is 7.89. The second kappa shape index (κ2) is 10.0. The van der Waals surface area contributed by atoms with Gasteiger partial charge in [0.2, 0.25) is 10.0 Å². The van der Waals surface area contributed by atoms with Crippen molar-refractivity contribution in [3.05, 3.63) is 17.5 Å². The van der Waals surface area contributed by atoms with Gasteiger partial charge in [-0.25, -0.2) is 12.7 Å². The quantitative estimate of drug-likeness (QED) is 0.597. The Kier molecular flexibility index (Phi) is 7.33. The van der Waals surface area contributed by atoms with E-state index >= 15 is 0 Å². The molecule has 8 nitrogen and oxygen atoms in total. The van der Waals surface area contributed by atoms with Gasteiger partial charge >= 0.3 is 0 Å². The molecule has 174 valence electrons. The molecule has 0 bridgehead atoms. The first-order valence-corrected chi connectivity index (χ1v) is 13.5. The second-order valence-corrected chi connectivity index (χ2v) is 11.5. The van der Waals surface area contributed by atoms with E-state index in [1.165, 1.54) is 0 Å². The maximum atomic E-state index is 12.9. The molecule has 0 radical (unpaired) electrons. The molecule has 0 unspecified atom stereocenters. The zero-order valence-electron chi connectivity index (χ0n) is 18.5. The third-order valence-electron chi connectivity index (χ3n) is 6.90. The van der Waals surface area contributed by atoms with Gasteiger partial charge in [-0.15, -0.1) is 0 Å². The highest BCUT2D eigenvalue weighted by atomic mass is 32.2. The van der Waals surface area contributed by atoms with Gasteiger partial charge in [-0.3, -0.25) is 4.79 Å². The smallest absolute Gasteiger partial charge is 0.273 e. The van der Waals surface area contributed by atoms with Gasteiger partial charge < -0.3 is 15.2 Å². The van der Waals surface area contributed by atoms with Crippen LogP contribution in [-0.2, 0) is 10.0 Å². The first-order chi connectivity index (χ1) is 14.9. The summed E-state index contributed by atoms with van der Waals surface area (Å²) in [4.78, 5) is 12.4. The lowest BCUT2D eigenvalue weighted by Gasteiger charge is -2.34. The minimum atomic E-state index is -3.25. The van der Waals surface area contributed by atoms with Crippen molar-refractivity contribution in [2.24, 2.45) is 5.92 Å². The molecule has 0 atom stereocenters. The van der Waals surface area contributed by atoms with Crippen LogP contribution in [0.4, 0.5) is 0 Å². The fourth-order valence-corrected chi connectivity index (χ4v) is 6.69. The molecule has 1 saturated heterocycles. The summed E-state index contributed by atoms with van der Waals surface area (Å²) in [5, 5.41) is 10.4. The zero-order chi connectivity index (χ0) is 21.8. The van der Waals surface area contributed by atoms with Crippen molar-refractivity contribution in [2.75, 3.05) is 25.4 Å². The summed E-state index contributed by atoms with van der Waals surface area (Å²) in [6.07, 6.45) is 8.68. The predicted molar refractivity (Wildman–Crippen MR) is 118 cm³/mol. The molecule has 2 N–H and O–H groups in total. The molecule has 2 aliphatic carbocycles. The molecule has 0 aromatic carbocycles. The highest BCUT2D eigenvalue weighted by Crippen LogP contribution is 2.40. The van der Waals surface area contributed by atoms with Crippen LogP contribution in [0, 0.1) is 5.92 Å². The van der Waals surface area contributed by atoms with Gasteiger partial charge in [0.05, 0.1) is 5.75 Å². The predicted octanol–water partition coefficient (Wildman–Crippen LogP) is 2.63. The molecule has 2 heterocycles. The maximum absolute atomic E-state index is 12.9. The first-order valence-electron chi connectivity index (χ1n) is 11.9. The standard InChI is InChI=1S/C22H36N4O4S/c1-2-11-23-18-7-3-16(4-8-18)15-31(28,29)26-12-9-19(10-13-26)24-22(27)20-14-21(30-25-20)17-5-6-17/h14,16-19,23H,2-13,15H2,1H3,(H,24,27). The summed E-state index contributed by atoms with van der Waals surface area (Å²) >= 11 is 0. The van der Waals surface area contributed by atoms with Gasteiger partial charge in [-0.05, 0) is 70.3 Å². The van der Waals surface area contributed by atoms with E-state index in [4.69, 9.17) is 4.52 Å². The lowest BCUT2D eigenvalue weighted by molar-refractivity contribution is 0.0914. The number of carbonyl (C=O) groups excluding carboxylic acids is 1. The fraction of sp³-hybridized carbons (Fsp3) is 0.818. The van der Waals surface area contributed by atoms with Crippen molar-refractivity contribution in [3.8, 4) is 0 Å². The number of piperidine rings is 1. The van der Waals surface area contributed by atoms with Crippen molar-refractivity contribution in [2.45, 2.75) is 82.7 Å². The van der Waals surface area contributed by atoms with E-state index in [-0.39, 0.29) is 23.6 Å². The number of hydrogen-bond acceptors (Lipinski definition) is 6. The van der Waals surface area contributed by atoms with E-state index in [1.807, 2.05) is 0 Å². The molecular weight excluding hydrogens is 416 g/mol. The number of rotatable bonds is 9. The van der Waals surface area contributed by atoms with Crippen LogP contribution in [-0.4, -0.2) is 61.3 Å². The van der Waals surface area contributed by atoms with Gasteiger partial charge in [0.25, 0.3) is 5.91 Å². The van der Waals surface area contributed by atoms with Crippen LogP contribution in [0.1, 0.15) is 86.9 Å². The monoisotopic (exact) mass is 452 g/mol. The van der Waals surface area contributed by atoms with Crippen molar-refractivity contribution < 1.29 is 17.7 Å². The molecule has 9 heteroatoms. The Hall–Kier alpha value is -1.45. The van der Waals surface area contributed by atoms with E-state index in [9.17, 15) is 13.2 Å². The van der Waals surface area contributed by atoms with E-state index in [0.717, 1.165) is 57.3 Å². The van der Waals surface area contributed by atoms with Crippen LogP contribution >= 0.6 is 0 Å². The zero-order valence-corrected chi connectivity index (χ0v) is 19.3. The van der Waals surface area contributed by atoms with E-state index in [1.54, 1.807) is 10.4 Å². The van der Waals surface area contributed by atoms with Crippen LogP contribution in [0.25, 0.3) is 0 Å². The van der Waals surface area contributed by atoms with Crippen LogP contribution < -0.4 is 10.6 Å². The SMILES string of the molecule is CCCNC1CCC(CS(=O)(=O)N2CCC(NC(=O)c3cc(C4CC4)on3)CC2)CC1. The largest absolute Gasteiger partial charge is 0.360 e. The molecule has 31 heavy (non-hydrogen) atoms. The lowest BCUT2D eigenvalue weighted by Crippen LogP contribution is -2.47. The Balaban J connectivity index is 1.20. The summed E-state index contributed by atoms with van der Waals surface area (Å²) in [5.41, 5.74) is 0.320. The van der Waals surface area contributed by atoms with Crippen molar-refractivity contribution in [3.63, 3.8) is 0 Å². The second-order valence-electron chi connectivity index (χ2n) is 9.49. The van der Waals surface area contributed by atoms with Crippen molar-refractivity contribution in [1.29, 1.82) is 0 Å². The Labute approximate surface area is 185 Å². The number of nitrogens with one attached hydrogen (secondary N) is 2. The Morgan fingerprint density at radius 3 is 2.45 bits per heavy atom. The average molecular weight is 453 g/mol. The number of nitrogens with zero attached hydrogens (tertiary/aromatic N) is 2. The summed E-state index contributed by atoms with van der Waals surface area (Å²) in [6.45, 7) is 4.14. The van der Waals surface area contributed by atoms with Gasteiger partial charge in [0, 0.05) is 37.2 Å². The number of amides is 1. The van der Waals surface area contributed by atoms with E-state index < -0.39 is 10.0 Å². The van der Waals surface area contributed by atoms with Crippen molar-refractivity contribution >= 4 is 15.9 Å². The molecule has 1 amide bonds. The Bertz CT molecular complexity index is 835. The minimum Gasteiger partial charge on any atom is -0.360 e. The van der Waals surface area contributed by atoms with Gasteiger partial charge in [-0.2, -0.15) is 0 Å². The lowest BCUT2D eigenvalue weighted by atomic mass is 9.87. The molecule has 1 aliphatic heterocycles. The van der Waals surface area contributed by atoms with Crippen LogP contribution in [0.5, 0.6) is 0 Å². The van der Waals surface area contributed by atoms with Crippen LogP contribution in [0.2, 0.25) is 0 Å². The third-order valence-corrected chi connectivity index (χ3v) is 8.94. The Morgan fingerprint density at radius 1 is 1.10 bits per heavy atom. The topological polar surface area (TPSA) is 105 Å².